The van der Waals surface area contributed by atoms with Crippen LogP contribution >= 0.6 is 31.9 Å². The molecule has 5 heteroatoms. The smallest absolute Gasteiger partial charge is 0.254 e. The second kappa shape index (κ2) is 6.16. The third kappa shape index (κ3) is 3.83. The Labute approximate surface area is 137 Å². The topological polar surface area (TPSA) is 23.6 Å². The molecular formula is C15H20Br2N2O. The van der Waals surface area contributed by atoms with Crippen LogP contribution in [-0.2, 0) is 0 Å². The Kier molecular flexibility index (Phi) is 4.92. The number of carbonyl (C=O) groups excluding carboxylic acids is 1. The molecule has 0 unspecified atom stereocenters. The Bertz CT molecular complexity index is 483. The zero-order chi connectivity index (χ0) is 14.9. The van der Waals surface area contributed by atoms with Crippen LogP contribution in [0.25, 0.3) is 0 Å². The highest BCUT2D eigenvalue weighted by Gasteiger charge is 2.28. The number of halogens is 2. The van der Waals surface area contributed by atoms with Crippen molar-refractivity contribution >= 4 is 37.8 Å². The van der Waals surface area contributed by atoms with E-state index in [1.807, 2.05) is 23.1 Å². The first-order chi connectivity index (χ1) is 9.27. The first-order valence-corrected chi connectivity index (χ1v) is 8.36. The molecule has 0 N–H and O–H groups in total. The van der Waals surface area contributed by atoms with E-state index < -0.39 is 0 Å². The fourth-order valence-corrected chi connectivity index (χ4v) is 3.73. The second-order valence-corrected chi connectivity index (χ2v) is 7.94. The van der Waals surface area contributed by atoms with E-state index in [0.29, 0.717) is 0 Å². The fraction of sp³-hybridized carbons (Fsp3) is 0.533. The minimum Gasteiger partial charge on any atom is -0.336 e. The summed E-state index contributed by atoms with van der Waals surface area (Å²) in [6.07, 6.45) is 0. The van der Waals surface area contributed by atoms with Gasteiger partial charge in [-0.15, -0.1) is 0 Å². The van der Waals surface area contributed by atoms with Crippen molar-refractivity contribution in [2.45, 2.75) is 26.3 Å². The SMILES string of the molecule is CC(C)(C)N1CCN(C(=O)c2cc(Br)cc(Br)c2)CC1. The molecule has 3 nitrogen and oxygen atoms in total. The van der Waals surface area contributed by atoms with E-state index in [2.05, 4.69) is 57.5 Å². The van der Waals surface area contributed by atoms with Crippen LogP contribution in [0.5, 0.6) is 0 Å². The number of amides is 1. The molecule has 1 saturated heterocycles. The highest BCUT2D eigenvalue weighted by Crippen LogP contribution is 2.22. The van der Waals surface area contributed by atoms with Gasteiger partial charge in [-0.25, -0.2) is 0 Å². The summed E-state index contributed by atoms with van der Waals surface area (Å²) in [5.74, 6) is 0.112. The lowest BCUT2D eigenvalue weighted by Gasteiger charge is -2.42. The van der Waals surface area contributed by atoms with Crippen molar-refractivity contribution in [1.29, 1.82) is 0 Å². The van der Waals surface area contributed by atoms with Crippen LogP contribution in [-0.4, -0.2) is 47.4 Å². The molecule has 1 aliphatic rings. The number of rotatable bonds is 1. The van der Waals surface area contributed by atoms with E-state index in [9.17, 15) is 4.79 Å². The van der Waals surface area contributed by atoms with E-state index in [1.165, 1.54) is 0 Å². The van der Waals surface area contributed by atoms with Crippen LogP contribution in [0, 0.1) is 0 Å². The van der Waals surface area contributed by atoms with Gasteiger partial charge < -0.3 is 4.90 Å². The predicted molar refractivity (Wildman–Crippen MR) is 89.1 cm³/mol. The Morgan fingerprint density at radius 1 is 1.00 bits per heavy atom. The van der Waals surface area contributed by atoms with Crippen molar-refractivity contribution in [3.8, 4) is 0 Å². The quantitative estimate of drug-likeness (QED) is 0.712. The van der Waals surface area contributed by atoms with Crippen molar-refractivity contribution in [3.05, 3.63) is 32.7 Å². The Morgan fingerprint density at radius 2 is 1.50 bits per heavy atom. The van der Waals surface area contributed by atoms with Gasteiger partial charge in [0.2, 0.25) is 0 Å². The molecule has 1 aliphatic heterocycles. The number of nitrogens with zero attached hydrogens (tertiary/aromatic N) is 2. The molecule has 1 heterocycles. The first kappa shape index (κ1) is 16.0. The van der Waals surface area contributed by atoms with Gasteiger partial charge in [-0.3, -0.25) is 9.69 Å². The van der Waals surface area contributed by atoms with Gasteiger partial charge in [0.15, 0.2) is 0 Å². The van der Waals surface area contributed by atoms with Gasteiger partial charge in [-0.1, -0.05) is 31.9 Å². The van der Waals surface area contributed by atoms with E-state index in [1.54, 1.807) is 0 Å². The summed E-state index contributed by atoms with van der Waals surface area (Å²) in [6.45, 7) is 10.1. The predicted octanol–water partition coefficient (Wildman–Crippen LogP) is 3.77. The lowest BCUT2D eigenvalue weighted by molar-refractivity contribution is 0.0451. The van der Waals surface area contributed by atoms with Gasteiger partial charge in [-0.2, -0.15) is 0 Å². The molecule has 0 atom stereocenters. The molecule has 0 saturated carbocycles. The van der Waals surface area contributed by atoms with Crippen LogP contribution in [0.15, 0.2) is 27.1 Å². The average molecular weight is 404 g/mol. The number of hydrogen-bond acceptors (Lipinski definition) is 2. The largest absolute Gasteiger partial charge is 0.336 e. The number of carbonyl (C=O) groups is 1. The monoisotopic (exact) mass is 402 g/mol. The van der Waals surface area contributed by atoms with Gasteiger partial charge in [0.25, 0.3) is 5.91 Å². The van der Waals surface area contributed by atoms with E-state index in [0.717, 1.165) is 40.7 Å². The number of hydrogen-bond donors (Lipinski definition) is 0. The van der Waals surface area contributed by atoms with Gasteiger partial charge in [-0.05, 0) is 39.0 Å². The lowest BCUT2D eigenvalue weighted by Crippen LogP contribution is -2.54. The van der Waals surface area contributed by atoms with Gasteiger partial charge in [0.1, 0.15) is 0 Å². The van der Waals surface area contributed by atoms with E-state index >= 15 is 0 Å². The zero-order valence-electron chi connectivity index (χ0n) is 12.1. The van der Waals surface area contributed by atoms with E-state index in [4.69, 9.17) is 0 Å². The van der Waals surface area contributed by atoms with Crippen molar-refractivity contribution in [2.24, 2.45) is 0 Å². The summed E-state index contributed by atoms with van der Waals surface area (Å²) in [5.41, 5.74) is 0.906. The molecule has 20 heavy (non-hydrogen) atoms. The second-order valence-electron chi connectivity index (χ2n) is 6.11. The van der Waals surface area contributed by atoms with Gasteiger partial charge in [0, 0.05) is 46.2 Å². The third-order valence-corrected chi connectivity index (χ3v) is 4.54. The summed E-state index contributed by atoms with van der Waals surface area (Å²) >= 11 is 6.86. The highest BCUT2D eigenvalue weighted by atomic mass is 79.9. The molecule has 0 spiro atoms. The summed E-state index contributed by atoms with van der Waals surface area (Å²) in [6, 6.07) is 5.70. The molecule has 1 aromatic rings. The maximum absolute atomic E-state index is 12.5. The highest BCUT2D eigenvalue weighted by molar-refractivity contribution is 9.11. The van der Waals surface area contributed by atoms with Crippen LogP contribution < -0.4 is 0 Å². The molecule has 0 aromatic heterocycles. The summed E-state index contributed by atoms with van der Waals surface area (Å²) < 4.78 is 1.84. The van der Waals surface area contributed by atoms with Crippen LogP contribution in [0.1, 0.15) is 31.1 Å². The third-order valence-electron chi connectivity index (χ3n) is 3.63. The van der Waals surface area contributed by atoms with Crippen molar-refractivity contribution in [1.82, 2.24) is 9.80 Å². The molecule has 1 fully saturated rings. The van der Waals surface area contributed by atoms with Crippen LogP contribution in [0.4, 0.5) is 0 Å². The normalized spacial score (nSPS) is 17.4. The van der Waals surface area contributed by atoms with Crippen molar-refractivity contribution in [3.63, 3.8) is 0 Å². The van der Waals surface area contributed by atoms with Crippen molar-refractivity contribution < 1.29 is 4.79 Å². The maximum atomic E-state index is 12.5. The molecule has 0 aliphatic carbocycles. The molecule has 2 rings (SSSR count). The molecule has 1 aromatic carbocycles. The summed E-state index contributed by atoms with van der Waals surface area (Å²) in [4.78, 5) is 16.9. The molecule has 110 valence electrons. The van der Waals surface area contributed by atoms with Gasteiger partial charge >= 0.3 is 0 Å². The zero-order valence-corrected chi connectivity index (χ0v) is 15.3. The molecular weight excluding hydrogens is 384 g/mol. The molecule has 0 bridgehead atoms. The minimum atomic E-state index is 0.112. The van der Waals surface area contributed by atoms with Gasteiger partial charge in [0.05, 0.1) is 0 Å². The lowest BCUT2D eigenvalue weighted by atomic mass is 10.0. The number of piperazine rings is 1. The van der Waals surface area contributed by atoms with E-state index in [-0.39, 0.29) is 11.4 Å². The average Bonchev–Trinajstić information content (AvgIpc) is 2.36. The standard InChI is InChI=1S/C15H20Br2N2O/c1-15(2,3)19-6-4-18(5-7-19)14(20)11-8-12(16)10-13(17)9-11/h8-10H,4-7H2,1-3H3. The first-order valence-electron chi connectivity index (χ1n) is 6.78. The van der Waals surface area contributed by atoms with Crippen molar-refractivity contribution in [2.75, 3.05) is 26.2 Å². The molecule has 1 amide bonds. The summed E-state index contributed by atoms with van der Waals surface area (Å²) in [5, 5.41) is 0. The Morgan fingerprint density at radius 3 is 1.95 bits per heavy atom. The van der Waals surface area contributed by atoms with Crippen LogP contribution in [0.2, 0.25) is 0 Å². The minimum absolute atomic E-state index is 0.112. The maximum Gasteiger partial charge on any atom is 0.254 e. The Balaban J connectivity index is 2.05. The Hall–Kier alpha value is -0.390. The molecule has 0 radical (unpaired) electrons. The number of benzene rings is 1. The van der Waals surface area contributed by atoms with Crippen LogP contribution in [0.3, 0.4) is 0 Å². The summed E-state index contributed by atoms with van der Waals surface area (Å²) in [7, 11) is 0. The fourth-order valence-electron chi connectivity index (χ4n) is 2.44.